The number of aryl methyl sites for hydroxylation is 2. The molecule has 96 valence electrons. The molecule has 2 rings (SSSR count). The molecule has 2 aromatic rings. The smallest absolute Gasteiger partial charge is 0.0492 e. The molecular weight excluding hydrogens is 224 g/mol. The third-order valence-corrected chi connectivity index (χ3v) is 3.36. The molecule has 3 nitrogen and oxygen atoms in total. The Kier molecular flexibility index (Phi) is 4.53. The van der Waals surface area contributed by atoms with E-state index in [0.717, 1.165) is 19.3 Å². The lowest BCUT2D eigenvalue weighted by atomic mass is 9.95. The Morgan fingerprint density at radius 3 is 2.61 bits per heavy atom. The van der Waals surface area contributed by atoms with Crippen molar-refractivity contribution in [3.63, 3.8) is 0 Å². The Labute approximate surface area is 108 Å². The first-order valence-corrected chi connectivity index (χ1v) is 6.41. The van der Waals surface area contributed by atoms with Crippen molar-refractivity contribution in [3.8, 4) is 0 Å². The summed E-state index contributed by atoms with van der Waals surface area (Å²) in [7, 11) is 1.96. The van der Waals surface area contributed by atoms with Crippen molar-refractivity contribution in [2.75, 3.05) is 6.61 Å². The molecular formula is C15H20N2O. The second kappa shape index (κ2) is 6.36. The van der Waals surface area contributed by atoms with Gasteiger partial charge in [0, 0.05) is 25.5 Å². The number of aromatic nitrogens is 2. The van der Waals surface area contributed by atoms with Gasteiger partial charge < -0.3 is 5.11 Å². The quantitative estimate of drug-likeness (QED) is 0.846. The maximum absolute atomic E-state index is 9.46. The highest BCUT2D eigenvalue weighted by molar-refractivity contribution is 5.15. The van der Waals surface area contributed by atoms with Gasteiger partial charge in [0.2, 0.25) is 0 Å². The molecule has 0 aliphatic heterocycles. The fourth-order valence-corrected chi connectivity index (χ4v) is 2.20. The Bertz CT molecular complexity index is 464. The van der Waals surface area contributed by atoms with Crippen LogP contribution < -0.4 is 0 Å². The van der Waals surface area contributed by atoms with E-state index in [4.69, 9.17) is 0 Å². The molecule has 1 unspecified atom stereocenters. The van der Waals surface area contributed by atoms with Crippen LogP contribution in [0.5, 0.6) is 0 Å². The average Bonchev–Trinajstić information content (AvgIpc) is 2.81. The van der Waals surface area contributed by atoms with E-state index in [-0.39, 0.29) is 6.61 Å². The van der Waals surface area contributed by atoms with Gasteiger partial charge in [-0.25, -0.2) is 0 Å². The van der Waals surface area contributed by atoms with E-state index in [1.807, 2.05) is 42.2 Å². The van der Waals surface area contributed by atoms with Gasteiger partial charge in [0.05, 0.1) is 0 Å². The van der Waals surface area contributed by atoms with E-state index in [2.05, 4.69) is 17.2 Å². The molecule has 0 amide bonds. The minimum atomic E-state index is 0.243. The van der Waals surface area contributed by atoms with E-state index in [1.54, 1.807) is 0 Å². The summed E-state index contributed by atoms with van der Waals surface area (Å²) in [6.07, 6.45) is 4.72. The molecule has 1 atom stereocenters. The molecule has 0 aliphatic rings. The molecule has 1 aromatic carbocycles. The van der Waals surface area contributed by atoms with Crippen LogP contribution in [0.25, 0.3) is 0 Å². The van der Waals surface area contributed by atoms with Crippen LogP contribution in [-0.4, -0.2) is 21.5 Å². The first kappa shape index (κ1) is 12.8. The number of rotatable bonds is 6. The lowest BCUT2D eigenvalue weighted by Gasteiger charge is -2.14. The van der Waals surface area contributed by atoms with Gasteiger partial charge in [-0.3, -0.25) is 4.68 Å². The summed E-state index contributed by atoms with van der Waals surface area (Å²) < 4.78 is 1.90. The van der Waals surface area contributed by atoms with Crippen LogP contribution in [0.3, 0.4) is 0 Å². The topological polar surface area (TPSA) is 38.0 Å². The van der Waals surface area contributed by atoms with Crippen molar-refractivity contribution < 1.29 is 5.11 Å². The van der Waals surface area contributed by atoms with Crippen molar-refractivity contribution in [2.45, 2.75) is 19.3 Å². The molecule has 18 heavy (non-hydrogen) atoms. The summed E-state index contributed by atoms with van der Waals surface area (Å²) in [5, 5.41) is 13.6. The first-order chi connectivity index (χ1) is 8.79. The molecule has 0 fully saturated rings. The number of hydrogen-bond acceptors (Lipinski definition) is 2. The van der Waals surface area contributed by atoms with Crippen LogP contribution in [0.2, 0.25) is 0 Å². The molecule has 0 radical (unpaired) electrons. The van der Waals surface area contributed by atoms with Crippen LogP contribution in [0.15, 0.2) is 42.6 Å². The molecule has 0 spiro atoms. The van der Waals surface area contributed by atoms with Crippen molar-refractivity contribution in [1.82, 2.24) is 9.78 Å². The molecule has 1 N–H and O–H groups in total. The van der Waals surface area contributed by atoms with Crippen molar-refractivity contribution in [3.05, 3.63) is 53.9 Å². The largest absolute Gasteiger partial charge is 0.396 e. The van der Waals surface area contributed by atoms with Gasteiger partial charge in [0.1, 0.15) is 0 Å². The van der Waals surface area contributed by atoms with Crippen molar-refractivity contribution >= 4 is 0 Å². The van der Waals surface area contributed by atoms with Gasteiger partial charge in [-0.05, 0) is 36.8 Å². The zero-order chi connectivity index (χ0) is 12.8. The SMILES string of the molecule is Cn1nccc1CCC(CO)Cc1ccccc1. The number of hydrogen-bond donors (Lipinski definition) is 1. The van der Waals surface area contributed by atoms with Gasteiger partial charge in [-0.2, -0.15) is 5.10 Å². The number of aliphatic hydroxyl groups excluding tert-OH is 1. The molecule has 3 heteroatoms. The van der Waals surface area contributed by atoms with Crippen molar-refractivity contribution in [2.24, 2.45) is 13.0 Å². The lowest BCUT2D eigenvalue weighted by Crippen LogP contribution is -2.12. The standard InChI is InChI=1S/C15H20N2O/c1-17-15(9-10-16-17)8-7-14(12-18)11-13-5-3-2-4-6-13/h2-6,9-10,14,18H,7-8,11-12H2,1H3. The Hall–Kier alpha value is -1.61. The molecule has 0 saturated heterocycles. The summed E-state index contributed by atoms with van der Waals surface area (Å²) in [6, 6.07) is 12.4. The Balaban J connectivity index is 1.88. The molecule has 0 bridgehead atoms. The van der Waals surface area contributed by atoms with Crippen LogP contribution >= 0.6 is 0 Å². The van der Waals surface area contributed by atoms with Gasteiger partial charge >= 0.3 is 0 Å². The fraction of sp³-hybridized carbons (Fsp3) is 0.400. The second-order valence-corrected chi connectivity index (χ2v) is 4.72. The summed E-state index contributed by atoms with van der Waals surface area (Å²) in [6.45, 7) is 0.243. The van der Waals surface area contributed by atoms with Crippen LogP contribution in [0.1, 0.15) is 17.7 Å². The highest BCUT2D eigenvalue weighted by Crippen LogP contribution is 2.14. The third-order valence-electron chi connectivity index (χ3n) is 3.36. The summed E-state index contributed by atoms with van der Waals surface area (Å²) >= 11 is 0. The predicted molar refractivity (Wildman–Crippen MR) is 72.3 cm³/mol. The molecule has 0 aliphatic carbocycles. The molecule has 1 heterocycles. The summed E-state index contributed by atoms with van der Waals surface area (Å²) in [4.78, 5) is 0. The fourth-order valence-electron chi connectivity index (χ4n) is 2.20. The van der Waals surface area contributed by atoms with Gasteiger partial charge in [0.25, 0.3) is 0 Å². The van der Waals surface area contributed by atoms with E-state index in [0.29, 0.717) is 5.92 Å². The minimum absolute atomic E-state index is 0.243. The average molecular weight is 244 g/mol. The highest BCUT2D eigenvalue weighted by Gasteiger charge is 2.10. The number of aliphatic hydroxyl groups is 1. The zero-order valence-corrected chi connectivity index (χ0v) is 10.8. The van der Waals surface area contributed by atoms with E-state index >= 15 is 0 Å². The first-order valence-electron chi connectivity index (χ1n) is 6.41. The highest BCUT2D eigenvalue weighted by atomic mass is 16.3. The van der Waals surface area contributed by atoms with Gasteiger partial charge in [-0.15, -0.1) is 0 Å². The zero-order valence-electron chi connectivity index (χ0n) is 10.8. The maximum atomic E-state index is 9.46. The van der Waals surface area contributed by atoms with E-state index in [9.17, 15) is 5.11 Å². The number of nitrogens with zero attached hydrogens (tertiary/aromatic N) is 2. The van der Waals surface area contributed by atoms with Crippen molar-refractivity contribution in [1.29, 1.82) is 0 Å². The van der Waals surface area contributed by atoms with Crippen LogP contribution in [0, 0.1) is 5.92 Å². The van der Waals surface area contributed by atoms with E-state index in [1.165, 1.54) is 11.3 Å². The third kappa shape index (κ3) is 3.44. The van der Waals surface area contributed by atoms with Crippen LogP contribution in [0.4, 0.5) is 0 Å². The second-order valence-electron chi connectivity index (χ2n) is 4.72. The Morgan fingerprint density at radius 2 is 2.00 bits per heavy atom. The van der Waals surface area contributed by atoms with Gasteiger partial charge in [0.15, 0.2) is 0 Å². The van der Waals surface area contributed by atoms with Crippen LogP contribution in [-0.2, 0) is 19.9 Å². The Morgan fingerprint density at radius 1 is 1.22 bits per heavy atom. The molecule has 1 aromatic heterocycles. The maximum Gasteiger partial charge on any atom is 0.0492 e. The van der Waals surface area contributed by atoms with Gasteiger partial charge in [-0.1, -0.05) is 30.3 Å². The van der Waals surface area contributed by atoms with E-state index < -0.39 is 0 Å². The lowest BCUT2D eigenvalue weighted by molar-refractivity contribution is 0.217. The monoisotopic (exact) mass is 244 g/mol. The summed E-state index contributed by atoms with van der Waals surface area (Å²) in [5.74, 6) is 0.322. The predicted octanol–water partition coefficient (Wildman–Crippen LogP) is 2.20. The molecule has 0 saturated carbocycles. The summed E-state index contributed by atoms with van der Waals surface area (Å²) in [5.41, 5.74) is 2.52. The normalized spacial score (nSPS) is 12.6. The number of benzene rings is 1. The minimum Gasteiger partial charge on any atom is -0.396 e.